The number of aryl methyl sites for hydroxylation is 2. The van der Waals surface area contributed by atoms with Crippen LogP contribution in [-0.2, 0) is 7.05 Å². The lowest BCUT2D eigenvalue weighted by Crippen LogP contribution is -2.34. The van der Waals surface area contributed by atoms with Crippen molar-refractivity contribution in [1.29, 1.82) is 0 Å². The molecule has 1 aliphatic rings. The van der Waals surface area contributed by atoms with Gasteiger partial charge >= 0.3 is 0 Å². The molecule has 6 nitrogen and oxygen atoms in total. The minimum absolute atomic E-state index is 0.0655. The topological polar surface area (TPSA) is 68.3 Å². The fourth-order valence-corrected chi connectivity index (χ4v) is 3.81. The Labute approximate surface area is 151 Å². The van der Waals surface area contributed by atoms with Crippen LogP contribution >= 0.6 is 0 Å². The summed E-state index contributed by atoms with van der Waals surface area (Å²) in [5.41, 5.74) is 1.17. The number of amides is 1. The summed E-state index contributed by atoms with van der Waals surface area (Å²) in [4.78, 5) is 32.3. The van der Waals surface area contributed by atoms with E-state index in [0.29, 0.717) is 34.6 Å². The van der Waals surface area contributed by atoms with Crippen LogP contribution in [0.3, 0.4) is 0 Å². The van der Waals surface area contributed by atoms with Gasteiger partial charge in [-0.2, -0.15) is 0 Å². The maximum Gasteiger partial charge on any atom is 0.261 e. The molecule has 0 radical (unpaired) electrons. The van der Waals surface area contributed by atoms with Crippen LogP contribution in [0.2, 0.25) is 0 Å². The highest BCUT2D eigenvalue weighted by Crippen LogP contribution is 2.33. The van der Waals surface area contributed by atoms with E-state index in [1.54, 1.807) is 30.7 Å². The van der Waals surface area contributed by atoms with Crippen molar-refractivity contribution < 1.29 is 9.21 Å². The Bertz CT molecular complexity index is 1060. The third kappa shape index (κ3) is 2.53. The van der Waals surface area contributed by atoms with Gasteiger partial charge in [-0.1, -0.05) is 12.1 Å². The molecule has 134 valence electrons. The maximum atomic E-state index is 13.1. The quantitative estimate of drug-likeness (QED) is 0.711. The number of aromatic nitrogens is 2. The van der Waals surface area contributed by atoms with Crippen LogP contribution in [0.1, 0.15) is 46.6 Å². The molecular formula is C20H21N3O3. The fourth-order valence-electron chi connectivity index (χ4n) is 3.81. The number of carbonyl (C=O) groups excluding carboxylic acids is 1. The van der Waals surface area contributed by atoms with Crippen molar-refractivity contribution in [3.8, 4) is 0 Å². The molecule has 6 heteroatoms. The first-order chi connectivity index (χ1) is 12.5. The fraction of sp³-hybridized carbons (Fsp3) is 0.350. The smallest absolute Gasteiger partial charge is 0.261 e. The number of para-hydroxylation sites is 1. The van der Waals surface area contributed by atoms with Crippen LogP contribution in [0.25, 0.3) is 10.9 Å². The summed E-state index contributed by atoms with van der Waals surface area (Å²) in [6, 6.07) is 8.89. The number of nitrogens with zero attached hydrogens (tertiary/aromatic N) is 3. The lowest BCUT2D eigenvalue weighted by atomic mass is 10.1. The first-order valence-electron chi connectivity index (χ1n) is 8.81. The Morgan fingerprint density at radius 2 is 2.04 bits per heavy atom. The van der Waals surface area contributed by atoms with Crippen LogP contribution < -0.4 is 5.56 Å². The summed E-state index contributed by atoms with van der Waals surface area (Å²) >= 11 is 0. The number of furan rings is 1. The third-order valence-electron chi connectivity index (χ3n) is 5.10. The molecule has 1 aliphatic heterocycles. The van der Waals surface area contributed by atoms with Crippen LogP contribution in [0.4, 0.5) is 0 Å². The number of rotatable bonds is 2. The minimum atomic E-state index is -0.209. The normalized spacial score (nSPS) is 17.2. The molecule has 4 rings (SSSR count). The van der Waals surface area contributed by atoms with Crippen molar-refractivity contribution in [3.63, 3.8) is 0 Å². The molecule has 26 heavy (non-hydrogen) atoms. The molecule has 0 saturated carbocycles. The molecule has 1 fully saturated rings. The van der Waals surface area contributed by atoms with Crippen molar-refractivity contribution >= 4 is 16.8 Å². The van der Waals surface area contributed by atoms with Gasteiger partial charge < -0.3 is 9.32 Å². The molecular weight excluding hydrogens is 330 g/mol. The monoisotopic (exact) mass is 351 g/mol. The van der Waals surface area contributed by atoms with Gasteiger partial charge in [0, 0.05) is 13.6 Å². The standard InChI is InChI=1S/C20H21N3O3/c1-12-11-15(13(2)26-12)20(25)23-10-6-9-17(23)18-21-16-8-5-4-7-14(16)19(24)22(18)3/h4-5,7-8,11,17H,6,9-10H2,1-3H3. The van der Waals surface area contributed by atoms with Crippen LogP contribution in [0.15, 0.2) is 39.5 Å². The lowest BCUT2D eigenvalue weighted by molar-refractivity contribution is 0.0725. The zero-order valence-electron chi connectivity index (χ0n) is 15.2. The SMILES string of the molecule is Cc1cc(C(=O)N2CCCC2c2nc3ccccc3c(=O)n2C)c(C)o1. The first-order valence-corrected chi connectivity index (χ1v) is 8.81. The van der Waals surface area contributed by atoms with Gasteiger partial charge in [0.1, 0.15) is 17.3 Å². The zero-order chi connectivity index (χ0) is 18.4. The van der Waals surface area contributed by atoms with Gasteiger partial charge in [0.05, 0.1) is 22.5 Å². The minimum Gasteiger partial charge on any atom is -0.466 e. The average Bonchev–Trinajstić information content (AvgIpc) is 3.24. The average molecular weight is 351 g/mol. The van der Waals surface area contributed by atoms with Gasteiger partial charge in [-0.25, -0.2) is 4.98 Å². The van der Waals surface area contributed by atoms with E-state index < -0.39 is 0 Å². The van der Waals surface area contributed by atoms with Crippen molar-refractivity contribution in [2.75, 3.05) is 6.54 Å². The van der Waals surface area contributed by atoms with E-state index in [2.05, 4.69) is 0 Å². The van der Waals surface area contributed by atoms with Crippen molar-refractivity contribution in [1.82, 2.24) is 14.5 Å². The molecule has 2 aromatic heterocycles. The van der Waals surface area contributed by atoms with Gasteiger partial charge in [0.25, 0.3) is 11.5 Å². The highest BCUT2D eigenvalue weighted by Gasteiger charge is 2.34. The molecule has 0 N–H and O–H groups in total. The third-order valence-corrected chi connectivity index (χ3v) is 5.10. The predicted molar refractivity (Wildman–Crippen MR) is 98.2 cm³/mol. The molecule has 1 unspecified atom stereocenters. The van der Waals surface area contributed by atoms with Crippen LogP contribution in [-0.4, -0.2) is 26.9 Å². The number of benzene rings is 1. The van der Waals surface area contributed by atoms with Crippen LogP contribution in [0, 0.1) is 13.8 Å². The van der Waals surface area contributed by atoms with E-state index in [-0.39, 0.29) is 17.5 Å². The Morgan fingerprint density at radius 1 is 1.27 bits per heavy atom. The van der Waals surface area contributed by atoms with Gasteiger partial charge in [0.2, 0.25) is 0 Å². The molecule has 0 spiro atoms. The van der Waals surface area contributed by atoms with Crippen molar-refractivity contribution in [2.45, 2.75) is 32.7 Å². The number of likely N-dealkylation sites (tertiary alicyclic amines) is 1. The summed E-state index contributed by atoms with van der Waals surface area (Å²) in [5, 5.41) is 0.593. The van der Waals surface area contributed by atoms with Crippen LogP contribution in [0.5, 0.6) is 0 Å². The molecule has 3 aromatic rings. The Balaban J connectivity index is 1.79. The van der Waals surface area contributed by atoms with E-state index in [0.717, 1.165) is 18.6 Å². The number of carbonyl (C=O) groups is 1. The Kier molecular flexibility index (Phi) is 3.90. The molecule has 0 aliphatic carbocycles. The molecule has 3 heterocycles. The Hall–Kier alpha value is -2.89. The van der Waals surface area contributed by atoms with E-state index in [4.69, 9.17) is 9.40 Å². The number of hydrogen-bond donors (Lipinski definition) is 0. The Morgan fingerprint density at radius 3 is 2.77 bits per heavy atom. The summed E-state index contributed by atoms with van der Waals surface area (Å²) in [5.74, 6) is 1.91. The largest absolute Gasteiger partial charge is 0.466 e. The number of fused-ring (bicyclic) bond motifs is 1. The maximum absolute atomic E-state index is 13.1. The van der Waals surface area contributed by atoms with E-state index in [1.165, 1.54) is 0 Å². The molecule has 1 saturated heterocycles. The second kappa shape index (κ2) is 6.12. The van der Waals surface area contributed by atoms with Crippen molar-refractivity contribution in [3.05, 3.63) is 63.6 Å². The van der Waals surface area contributed by atoms with Gasteiger partial charge in [-0.15, -0.1) is 0 Å². The predicted octanol–water partition coefficient (Wildman–Crippen LogP) is 3.12. The van der Waals surface area contributed by atoms with Gasteiger partial charge in [0.15, 0.2) is 0 Å². The second-order valence-electron chi connectivity index (χ2n) is 6.83. The first kappa shape index (κ1) is 16.6. The summed E-state index contributed by atoms with van der Waals surface area (Å²) in [7, 11) is 1.73. The highest BCUT2D eigenvalue weighted by molar-refractivity contribution is 5.95. The summed E-state index contributed by atoms with van der Waals surface area (Å²) in [6.07, 6.45) is 1.68. The molecule has 0 bridgehead atoms. The second-order valence-corrected chi connectivity index (χ2v) is 6.83. The molecule has 1 atom stereocenters. The number of hydrogen-bond acceptors (Lipinski definition) is 4. The molecule has 1 amide bonds. The highest BCUT2D eigenvalue weighted by atomic mass is 16.3. The zero-order valence-corrected chi connectivity index (χ0v) is 15.2. The lowest BCUT2D eigenvalue weighted by Gasteiger charge is -2.25. The van der Waals surface area contributed by atoms with Crippen molar-refractivity contribution in [2.24, 2.45) is 7.05 Å². The van der Waals surface area contributed by atoms with Gasteiger partial charge in [-0.3, -0.25) is 14.2 Å². The van der Waals surface area contributed by atoms with Gasteiger partial charge in [-0.05, 0) is 44.9 Å². The van der Waals surface area contributed by atoms with E-state index >= 15 is 0 Å². The molecule has 1 aromatic carbocycles. The summed E-state index contributed by atoms with van der Waals surface area (Å²) in [6.45, 7) is 4.28. The van der Waals surface area contributed by atoms with E-state index in [1.807, 2.05) is 30.0 Å². The summed E-state index contributed by atoms with van der Waals surface area (Å²) < 4.78 is 7.09. The van der Waals surface area contributed by atoms with E-state index in [9.17, 15) is 9.59 Å².